The van der Waals surface area contributed by atoms with Crippen molar-refractivity contribution in [3.05, 3.63) is 64.3 Å². The number of carboxylic acids is 1. The van der Waals surface area contributed by atoms with Crippen LogP contribution in [0.3, 0.4) is 0 Å². The molecule has 34 heavy (non-hydrogen) atoms. The average molecular weight is 472 g/mol. The van der Waals surface area contributed by atoms with Crippen LogP contribution < -0.4 is 4.74 Å². The van der Waals surface area contributed by atoms with E-state index in [4.69, 9.17) is 4.74 Å². The lowest BCUT2D eigenvalue weighted by atomic mass is 9.95. The molecule has 1 fully saturated rings. The molecule has 1 aromatic heterocycles. The molecule has 4 rings (SSSR count). The summed E-state index contributed by atoms with van der Waals surface area (Å²) >= 11 is 0. The number of carbonyl (C=O) groups is 1. The monoisotopic (exact) mass is 471 g/mol. The molecule has 0 amide bonds. The lowest BCUT2D eigenvalue weighted by molar-refractivity contribution is 0.0245. The second-order valence-electron chi connectivity index (χ2n) is 8.85. The third-order valence-corrected chi connectivity index (χ3v) is 6.79. The standard InChI is InChI=1S/C26H31F2N3O3/c1-4-17-12-18(5-6-19(17)26(32)33)22-14-30(15-24(27)28)9-10-31(22)13-21-20-7-8-29-25(20)16(2)11-23(21)34-3/h5-8,11-12,22,24,29H,4,9-10,13-15H2,1-3H3,(H,32,33)/t22-/m0/s1. The van der Waals surface area contributed by atoms with E-state index in [1.54, 1.807) is 18.1 Å². The number of nitrogens with one attached hydrogen (secondary N) is 1. The van der Waals surface area contributed by atoms with Crippen LogP contribution in [0.2, 0.25) is 0 Å². The van der Waals surface area contributed by atoms with Crippen LogP contribution in [0.5, 0.6) is 5.75 Å². The predicted octanol–water partition coefficient (Wildman–Crippen LogP) is 4.87. The smallest absolute Gasteiger partial charge is 0.335 e. The Morgan fingerprint density at radius 2 is 2.06 bits per heavy atom. The minimum atomic E-state index is -2.40. The second kappa shape index (κ2) is 10.1. The van der Waals surface area contributed by atoms with Crippen LogP contribution in [-0.2, 0) is 13.0 Å². The largest absolute Gasteiger partial charge is 0.496 e. The molecule has 0 aliphatic carbocycles. The molecule has 2 N–H and O–H groups in total. The van der Waals surface area contributed by atoms with Gasteiger partial charge in [0.1, 0.15) is 5.75 Å². The van der Waals surface area contributed by atoms with Crippen LogP contribution in [0.25, 0.3) is 10.9 Å². The number of methoxy groups -OCH3 is 1. The van der Waals surface area contributed by atoms with Gasteiger partial charge < -0.3 is 14.8 Å². The minimum absolute atomic E-state index is 0.152. The highest BCUT2D eigenvalue weighted by Crippen LogP contribution is 2.35. The molecule has 8 heteroatoms. The van der Waals surface area contributed by atoms with Crippen molar-refractivity contribution >= 4 is 16.9 Å². The summed E-state index contributed by atoms with van der Waals surface area (Å²) in [5, 5.41) is 10.6. The number of benzene rings is 2. The summed E-state index contributed by atoms with van der Waals surface area (Å²) in [6.45, 7) is 5.88. The van der Waals surface area contributed by atoms with Crippen LogP contribution in [0.4, 0.5) is 8.78 Å². The molecule has 1 aliphatic heterocycles. The Morgan fingerprint density at radius 1 is 1.26 bits per heavy atom. The Kier molecular flexibility index (Phi) is 7.19. The Morgan fingerprint density at radius 3 is 2.74 bits per heavy atom. The molecule has 1 atom stereocenters. The van der Waals surface area contributed by atoms with E-state index in [0.29, 0.717) is 32.6 Å². The SMILES string of the molecule is CCc1cc([C@@H]2CN(CC(F)F)CCN2Cc2c(OC)cc(C)c3[nH]ccc23)ccc1C(=O)O. The van der Waals surface area contributed by atoms with Crippen LogP contribution >= 0.6 is 0 Å². The topological polar surface area (TPSA) is 68.8 Å². The third-order valence-electron chi connectivity index (χ3n) is 6.79. The summed E-state index contributed by atoms with van der Waals surface area (Å²) in [5.41, 5.74) is 5.18. The number of aromatic nitrogens is 1. The van der Waals surface area contributed by atoms with Gasteiger partial charge in [-0.25, -0.2) is 13.6 Å². The van der Waals surface area contributed by atoms with Crippen molar-refractivity contribution < 1.29 is 23.4 Å². The van der Waals surface area contributed by atoms with Gasteiger partial charge in [-0.1, -0.05) is 19.1 Å². The molecule has 1 saturated heterocycles. The van der Waals surface area contributed by atoms with E-state index < -0.39 is 12.4 Å². The van der Waals surface area contributed by atoms with Crippen molar-refractivity contribution in [2.75, 3.05) is 33.3 Å². The molecule has 0 spiro atoms. The normalized spacial score (nSPS) is 17.5. The number of aromatic amines is 1. The van der Waals surface area contributed by atoms with Gasteiger partial charge in [-0.3, -0.25) is 9.80 Å². The Hall–Kier alpha value is -2.97. The lowest BCUT2D eigenvalue weighted by Gasteiger charge is -2.42. The number of alkyl halides is 2. The first-order chi connectivity index (χ1) is 16.3. The minimum Gasteiger partial charge on any atom is -0.496 e. The zero-order valence-corrected chi connectivity index (χ0v) is 19.8. The van der Waals surface area contributed by atoms with Gasteiger partial charge in [0.15, 0.2) is 0 Å². The molecule has 2 heterocycles. The molecule has 0 radical (unpaired) electrons. The first-order valence-electron chi connectivity index (χ1n) is 11.6. The number of halogens is 2. The number of H-pyrrole nitrogens is 1. The number of nitrogens with zero attached hydrogens (tertiary/aromatic N) is 2. The highest BCUT2D eigenvalue weighted by molar-refractivity contribution is 5.89. The van der Waals surface area contributed by atoms with E-state index in [1.807, 2.05) is 44.3 Å². The van der Waals surface area contributed by atoms with E-state index >= 15 is 0 Å². The summed E-state index contributed by atoms with van der Waals surface area (Å²) in [5.74, 6) is -0.156. The average Bonchev–Trinajstić information content (AvgIpc) is 3.31. The highest BCUT2D eigenvalue weighted by atomic mass is 19.3. The summed E-state index contributed by atoms with van der Waals surface area (Å²) in [6, 6.07) is 9.29. The van der Waals surface area contributed by atoms with E-state index in [2.05, 4.69) is 9.88 Å². The van der Waals surface area contributed by atoms with Crippen LogP contribution in [0, 0.1) is 6.92 Å². The molecule has 0 saturated carbocycles. The molecule has 0 bridgehead atoms. The first kappa shape index (κ1) is 24.2. The number of rotatable bonds is 8. The van der Waals surface area contributed by atoms with Crippen molar-refractivity contribution in [1.82, 2.24) is 14.8 Å². The van der Waals surface area contributed by atoms with Gasteiger partial charge in [-0.05, 0) is 48.2 Å². The maximum atomic E-state index is 13.2. The Labute approximate surface area is 198 Å². The molecule has 2 aromatic carbocycles. The number of aromatic carboxylic acids is 1. The van der Waals surface area contributed by atoms with Crippen molar-refractivity contribution in [3.8, 4) is 5.75 Å². The number of fused-ring (bicyclic) bond motifs is 1. The van der Waals surface area contributed by atoms with Gasteiger partial charge in [0.2, 0.25) is 0 Å². The van der Waals surface area contributed by atoms with E-state index in [9.17, 15) is 18.7 Å². The van der Waals surface area contributed by atoms with Crippen LogP contribution in [-0.4, -0.2) is 65.6 Å². The highest BCUT2D eigenvalue weighted by Gasteiger charge is 2.31. The van der Waals surface area contributed by atoms with Crippen molar-refractivity contribution in [2.45, 2.75) is 39.3 Å². The van der Waals surface area contributed by atoms with E-state index in [0.717, 1.165) is 38.9 Å². The molecule has 3 aromatic rings. The number of carboxylic acid groups (broad SMARTS) is 1. The molecule has 1 aliphatic rings. The summed E-state index contributed by atoms with van der Waals surface area (Å²) in [7, 11) is 1.66. The number of piperazine rings is 1. The van der Waals surface area contributed by atoms with Crippen LogP contribution in [0.15, 0.2) is 36.5 Å². The van der Waals surface area contributed by atoms with Gasteiger partial charge >= 0.3 is 5.97 Å². The maximum Gasteiger partial charge on any atom is 0.335 e. The van der Waals surface area contributed by atoms with Crippen molar-refractivity contribution in [1.29, 1.82) is 0 Å². The van der Waals surface area contributed by atoms with Gasteiger partial charge in [0, 0.05) is 54.9 Å². The molecule has 6 nitrogen and oxygen atoms in total. The fraction of sp³-hybridized carbons (Fsp3) is 0.423. The van der Waals surface area contributed by atoms with Crippen molar-refractivity contribution in [2.24, 2.45) is 0 Å². The first-order valence-corrected chi connectivity index (χ1v) is 11.6. The molecular weight excluding hydrogens is 440 g/mol. The number of ether oxygens (including phenoxy) is 1. The summed E-state index contributed by atoms with van der Waals surface area (Å²) in [4.78, 5) is 19.0. The Bertz CT molecular complexity index is 1180. The van der Waals surface area contributed by atoms with Crippen LogP contribution in [0.1, 0.15) is 45.6 Å². The zero-order chi connectivity index (χ0) is 24.4. The summed E-state index contributed by atoms with van der Waals surface area (Å²) < 4.78 is 32.1. The molecule has 0 unspecified atom stereocenters. The van der Waals surface area contributed by atoms with Gasteiger partial charge in [-0.2, -0.15) is 0 Å². The van der Waals surface area contributed by atoms with Gasteiger partial charge in [0.25, 0.3) is 6.43 Å². The predicted molar refractivity (Wildman–Crippen MR) is 128 cm³/mol. The quantitative estimate of drug-likeness (QED) is 0.491. The maximum absolute atomic E-state index is 13.2. The molecular formula is C26H31F2N3O3. The van der Waals surface area contributed by atoms with Gasteiger partial charge in [-0.15, -0.1) is 0 Å². The fourth-order valence-electron chi connectivity index (χ4n) is 5.05. The number of hydrogen-bond donors (Lipinski definition) is 2. The fourth-order valence-corrected chi connectivity index (χ4v) is 5.05. The Balaban J connectivity index is 1.73. The van der Waals surface area contributed by atoms with Crippen molar-refractivity contribution in [3.63, 3.8) is 0 Å². The van der Waals surface area contributed by atoms with E-state index in [-0.39, 0.29) is 18.2 Å². The lowest BCUT2D eigenvalue weighted by Crippen LogP contribution is -2.49. The van der Waals surface area contributed by atoms with Gasteiger partial charge in [0.05, 0.1) is 19.2 Å². The number of aryl methyl sites for hydroxylation is 2. The third kappa shape index (κ3) is 4.79. The van der Waals surface area contributed by atoms with E-state index in [1.165, 1.54) is 0 Å². The summed E-state index contributed by atoms with van der Waals surface area (Å²) in [6.07, 6.45) is 0.0969. The molecule has 182 valence electrons. The second-order valence-corrected chi connectivity index (χ2v) is 8.85. The number of hydrogen-bond acceptors (Lipinski definition) is 4. The zero-order valence-electron chi connectivity index (χ0n) is 19.8.